The lowest BCUT2D eigenvalue weighted by Crippen LogP contribution is -2.24. The van der Waals surface area contributed by atoms with Gasteiger partial charge in [-0.25, -0.2) is 9.97 Å². The Morgan fingerprint density at radius 3 is 2.03 bits per heavy atom. The van der Waals surface area contributed by atoms with E-state index in [4.69, 9.17) is 15.7 Å². The zero-order chi connectivity index (χ0) is 24.5. The van der Waals surface area contributed by atoms with Crippen LogP contribution in [0.2, 0.25) is 0 Å². The molecule has 0 saturated heterocycles. The molecule has 0 radical (unpaired) electrons. The van der Waals surface area contributed by atoms with E-state index in [1.165, 1.54) is 5.56 Å². The minimum absolute atomic E-state index is 0.725. The molecular formula is C30H35N5. The maximum Gasteiger partial charge on any atom is 0.162 e. The van der Waals surface area contributed by atoms with Crippen molar-refractivity contribution in [3.05, 3.63) is 90.5 Å². The smallest absolute Gasteiger partial charge is 0.162 e. The summed E-state index contributed by atoms with van der Waals surface area (Å²) in [6.07, 6.45) is 2.04. The topological polar surface area (TPSA) is 67.1 Å². The van der Waals surface area contributed by atoms with Gasteiger partial charge in [-0.15, -0.1) is 0 Å². The van der Waals surface area contributed by atoms with Crippen LogP contribution in [0.1, 0.15) is 18.4 Å². The molecule has 1 heterocycles. The van der Waals surface area contributed by atoms with Crippen LogP contribution < -0.4 is 11.1 Å². The number of nitrogens with zero attached hydrogens (tertiary/aromatic N) is 3. The fourth-order valence-electron chi connectivity index (χ4n) is 4.13. The molecule has 5 nitrogen and oxygen atoms in total. The Bertz CT molecular complexity index is 1190. The number of aromatic nitrogens is 2. The van der Waals surface area contributed by atoms with E-state index in [1.54, 1.807) is 0 Å². The fourth-order valence-corrected chi connectivity index (χ4v) is 4.13. The van der Waals surface area contributed by atoms with Gasteiger partial charge in [0.15, 0.2) is 5.82 Å². The van der Waals surface area contributed by atoms with E-state index in [2.05, 4.69) is 84.9 Å². The summed E-state index contributed by atoms with van der Waals surface area (Å²) in [5.41, 5.74) is 12.0. The summed E-state index contributed by atoms with van der Waals surface area (Å²) in [4.78, 5) is 12.5. The summed E-state index contributed by atoms with van der Waals surface area (Å²) < 4.78 is 0. The van der Waals surface area contributed by atoms with Crippen LogP contribution in [0.4, 0.5) is 5.82 Å². The zero-order valence-corrected chi connectivity index (χ0v) is 20.7. The Morgan fingerprint density at radius 2 is 1.37 bits per heavy atom. The number of hydrogen-bond donors (Lipinski definition) is 2. The van der Waals surface area contributed by atoms with Crippen molar-refractivity contribution < 1.29 is 0 Å². The van der Waals surface area contributed by atoms with Crippen molar-refractivity contribution in [2.45, 2.75) is 19.8 Å². The van der Waals surface area contributed by atoms with E-state index < -0.39 is 0 Å². The van der Waals surface area contributed by atoms with E-state index in [0.29, 0.717) is 0 Å². The average Bonchev–Trinajstić information content (AvgIpc) is 2.91. The first-order valence-electron chi connectivity index (χ1n) is 12.4. The van der Waals surface area contributed by atoms with Gasteiger partial charge in [0.25, 0.3) is 0 Å². The molecule has 0 aliphatic heterocycles. The van der Waals surface area contributed by atoms with Gasteiger partial charge in [0.2, 0.25) is 0 Å². The van der Waals surface area contributed by atoms with Crippen molar-refractivity contribution in [3.63, 3.8) is 0 Å². The SMILES string of the molecule is Cc1ccc(-c2nc(-c3ccccc3)nc(NCCCN(C)CCCN)c2-c2ccccc2)cc1. The standard InChI is InChI=1S/C30H35N5/c1-23-15-17-25(18-16-23)28-27(24-11-5-3-6-12-24)30(32-20-10-22-35(2)21-9-19-31)34-29(33-28)26-13-7-4-8-14-26/h3-8,11-18H,9-10,19-22,31H2,1-2H3,(H,32,33,34). The van der Waals surface area contributed by atoms with Crippen LogP contribution in [-0.2, 0) is 0 Å². The third kappa shape index (κ3) is 6.53. The molecule has 4 rings (SSSR count). The molecule has 0 saturated carbocycles. The number of anilines is 1. The number of hydrogen-bond acceptors (Lipinski definition) is 5. The van der Waals surface area contributed by atoms with Gasteiger partial charge >= 0.3 is 0 Å². The first-order chi connectivity index (χ1) is 17.2. The maximum absolute atomic E-state index is 5.66. The molecule has 0 amide bonds. The molecule has 3 N–H and O–H groups in total. The van der Waals surface area contributed by atoms with Crippen molar-refractivity contribution in [3.8, 4) is 33.8 Å². The van der Waals surface area contributed by atoms with Crippen molar-refractivity contribution in [1.29, 1.82) is 0 Å². The molecule has 0 spiro atoms. The van der Waals surface area contributed by atoms with Gasteiger partial charge in [-0.1, -0.05) is 90.5 Å². The van der Waals surface area contributed by atoms with Gasteiger partial charge in [-0.3, -0.25) is 0 Å². The second-order valence-electron chi connectivity index (χ2n) is 8.94. The van der Waals surface area contributed by atoms with Crippen LogP contribution in [-0.4, -0.2) is 48.1 Å². The van der Waals surface area contributed by atoms with Crippen LogP contribution in [0, 0.1) is 6.92 Å². The number of aryl methyl sites for hydroxylation is 1. The quantitative estimate of drug-likeness (QED) is 0.271. The molecule has 3 aromatic carbocycles. The highest BCUT2D eigenvalue weighted by atomic mass is 15.1. The summed E-state index contributed by atoms with van der Waals surface area (Å²) >= 11 is 0. The summed E-state index contributed by atoms with van der Waals surface area (Å²) in [6.45, 7) is 5.69. The van der Waals surface area contributed by atoms with E-state index in [-0.39, 0.29) is 0 Å². The Morgan fingerprint density at radius 1 is 0.743 bits per heavy atom. The Kier molecular flexibility index (Phi) is 8.60. The van der Waals surface area contributed by atoms with Crippen LogP contribution in [0.25, 0.3) is 33.8 Å². The Balaban J connectivity index is 1.74. The largest absolute Gasteiger partial charge is 0.369 e. The fraction of sp³-hybridized carbons (Fsp3) is 0.267. The Labute approximate surface area is 209 Å². The summed E-state index contributed by atoms with van der Waals surface area (Å²) in [7, 11) is 2.15. The van der Waals surface area contributed by atoms with Crippen molar-refractivity contribution in [2.24, 2.45) is 5.73 Å². The van der Waals surface area contributed by atoms with Gasteiger partial charge in [-0.2, -0.15) is 0 Å². The highest BCUT2D eigenvalue weighted by Crippen LogP contribution is 2.37. The van der Waals surface area contributed by atoms with E-state index in [1.807, 2.05) is 24.3 Å². The Hall–Kier alpha value is -3.54. The molecule has 4 aromatic rings. The van der Waals surface area contributed by atoms with Crippen LogP contribution in [0.5, 0.6) is 0 Å². The van der Waals surface area contributed by atoms with E-state index in [0.717, 1.165) is 78.6 Å². The first-order valence-corrected chi connectivity index (χ1v) is 12.4. The molecule has 0 bridgehead atoms. The van der Waals surface area contributed by atoms with Crippen LogP contribution in [0.3, 0.4) is 0 Å². The average molecular weight is 466 g/mol. The molecule has 0 fully saturated rings. The molecule has 35 heavy (non-hydrogen) atoms. The van der Waals surface area contributed by atoms with Gasteiger partial charge in [0.1, 0.15) is 5.82 Å². The minimum Gasteiger partial charge on any atom is -0.369 e. The van der Waals surface area contributed by atoms with E-state index >= 15 is 0 Å². The van der Waals surface area contributed by atoms with Crippen LogP contribution >= 0.6 is 0 Å². The molecule has 0 aliphatic carbocycles. The van der Waals surface area contributed by atoms with Gasteiger partial charge in [0.05, 0.1) is 11.3 Å². The molecule has 5 heteroatoms. The summed E-state index contributed by atoms with van der Waals surface area (Å²) in [5.74, 6) is 1.59. The summed E-state index contributed by atoms with van der Waals surface area (Å²) in [6, 6.07) is 29.2. The van der Waals surface area contributed by atoms with Crippen molar-refractivity contribution >= 4 is 5.82 Å². The normalized spacial score (nSPS) is 11.1. The minimum atomic E-state index is 0.725. The second-order valence-corrected chi connectivity index (χ2v) is 8.94. The predicted octanol–water partition coefficient (Wildman–Crippen LogP) is 5.87. The van der Waals surface area contributed by atoms with Crippen molar-refractivity contribution in [1.82, 2.24) is 14.9 Å². The molecule has 0 atom stereocenters. The van der Waals surface area contributed by atoms with Gasteiger partial charge < -0.3 is 16.0 Å². The predicted molar refractivity (Wildman–Crippen MR) is 147 cm³/mol. The second kappa shape index (κ2) is 12.2. The number of nitrogens with two attached hydrogens (primary N) is 1. The third-order valence-electron chi connectivity index (χ3n) is 6.08. The molecular weight excluding hydrogens is 430 g/mol. The van der Waals surface area contributed by atoms with Gasteiger partial charge in [0, 0.05) is 17.7 Å². The van der Waals surface area contributed by atoms with Crippen LogP contribution in [0.15, 0.2) is 84.9 Å². The lowest BCUT2D eigenvalue weighted by Gasteiger charge is -2.19. The van der Waals surface area contributed by atoms with Crippen molar-refractivity contribution in [2.75, 3.05) is 38.5 Å². The van der Waals surface area contributed by atoms with E-state index in [9.17, 15) is 0 Å². The third-order valence-corrected chi connectivity index (χ3v) is 6.08. The van der Waals surface area contributed by atoms with Gasteiger partial charge in [-0.05, 0) is 52.0 Å². The molecule has 180 valence electrons. The first kappa shape index (κ1) is 24.6. The lowest BCUT2D eigenvalue weighted by molar-refractivity contribution is 0.330. The molecule has 0 aliphatic rings. The zero-order valence-electron chi connectivity index (χ0n) is 20.7. The summed E-state index contributed by atoms with van der Waals surface area (Å²) in [5, 5.41) is 3.65. The maximum atomic E-state index is 5.66. The highest BCUT2D eigenvalue weighted by molar-refractivity contribution is 5.89. The number of nitrogens with one attached hydrogen (secondary N) is 1. The molecule has 0 unspecified atom stereocenters. The monoisotopic (exact) mass is 465 g/mol. The molecule has 1 aromatic heterocycles. The number of benzene rings is 3. The highest BCUT2D eigenvalue weighted by Gasteiger charge is 2.18. The lowest BCUT2D eigenvalue weighted by atomic mass is 9.98. The number of rotatable bonds is 11.